The van der Waals surface area contributed by atoms with Gasteiger partial charge in [-0.15, -0.1) is 0 Å². The van der Waals surface area contributed by atoms with Crippen LogP contribution < -0.4 is 5.32 Å². The first kappa shape index (κ1) is 12.8. The highest BCUT2D eigenvalue weighted by atomic mass is 32.1. The molecule has 6 heteroatoms. The second-order valence-electron chi connectivity index (χ2n) is 4.66. The summed E-state index contributed by atoms with van der Waals surface area (Å²) < 4.78 is 4.25. The predicted octanol–water partition coefficient (Wildman–Crippen LogP) is 2.77. The van der Waals surface area contributed by atoms with Gasteiger partial charge in [0.05, 0.1) is 5.69 Å². The molecule has 1 fully saturated rings. The molecule has 1 aromatic heterocycles. The summed E-state index contributed by atoms with van der Waals surface area (Å²) in [7, 11) is 0. The summed E-state index contributed by atoms with van der Waals surface area (Å²) in [6.45, 7) is 5.57. The lowest BCUT2D eigenvalue weighted by atomic mass is 10.1. The van der Waals surface area contributed by atoms with Crippen LogP contribution in [0.2, 0.25) is 0 Å². The van der Waals surface area contributed by atoms with E-state index in [0.717, 1.165) is 31.6 Å². The molecule has 1 aliphatic heterocycles. The number of urea groups is 1. The number of likely N-dealkylation sites (tertiary alicyclic amines) is 1. The Morgan fingerprint density at radius 3 is 2.72 bits per heavy atom. The molecule has 1 N–H and O–H groups in total. The van der Waals surface area contributed by atoms with Crippen molar-refractivity contribution in [2.24, 2.45) is 0 Å². The number of carbonyl (C=O) groups is 1. The van der Waals surface area contributed by atoms with Gasteiger partial charge in [-0.2, -0.15) is 9.64 Å². The fourth-order valence-electron chi connectivity index (χ4n) is 1.99. The van der Waals surface area contributed by atoms with Crippen LogP contribution in [-0.4, -0.2) is 28.4 Å². The standard InChI is InChI=1S/C12H16N4OS/c1-8(2)10-9(7-13)11(18-15-10)14-12(17)16-5-3-4-6-16/h8H,3-6H2,1-2H3,(H,14,17). The summed E-state index contributed by atoms with van der Waals surface area (Å²) in [4.78, 5) is 13.7. The Morgan fingerprint density at radius 2 is 2.17 bits per heavy atom. The summed E-state index contributed by atoms with van der Waals surface area (Å²) >= 11 is 1.19. The Kier molecular flexibility index (Phi) is 3.82. The van der Waals surface area contributed by atoms with Crippen LogP contribution in [0.3, 0.4) is 0 Å². The number of nitrogens with one attached hydrogen (secondary N) is 1. The van der Waals surface area contributed by atoms with Crippen molar-refractivity contribution in [3.05, 3.63) is 11.3 Å². The maximum atomic E-state index is 11.9. The molecule has 0 atom stereocenters. The predicted molar refractivity (Wildman–Crippen MR) is 70.7 cm³/mol. The van der Waals surface area contributed by atoms with Gasteiger partial charge in [0.25, 0.3) is 0 Å². The highest BCUT2D eigenvalue weighted by Crippen LogP contribution is 2.29. The van der Waals surface area contributed by atoms with Gasteiger partial charge in [0.1, 0.15) is 16.6 Å². The molecule has 0 aromatic carbocycles. The molecule has 2 heterocycles. The Bertz CT molecular complexity index is 483. The Morgan fingerprint density at radius 1 is 1.50 bits per heavy atom. The van der Waals surface area contributed by atoms with E-state index in [1.165, 1.54) is 11.5 Å². The van der Waals surface area contributed by atoms with Crippen molar-refractivity contribution in [3.63, 3.8) is 0 Å². The average molecular weight is 264 g/mol. The molecule has 1 saturated heterocycles. The summed E-state index contributed by atoms with van der Waals surface area (Å²) in [5.74, 6) is 0.188. The van der Waals surface area contributed by atoms with E-state index in [1.54, 1.807) is 4.90 Å². The molecule has 0 aliphatic carbocycles. The highest BCUT2D eigenvalue weighted by molar-refractivity contribution is 7.10. The molecule has 0 bridgehead atoms. The number of anilines is 1. The number of nitriles is 1. The molecule has 18 heavy (non-hydrogen) atoms. The van der Waals surface area contributed by atoms with Crippen LogP contribution >= 0.6 is 11.5 Å². The number of nitrogens with zero attached hydrogens (tertiary/aromatic N) is 3. The van der Waals surface area contributed by atoms with E-state index in [0.29, 0.717) is 10.6 Å². The van der Waals surface area contributed by atoms with Crippen LogP contribution in [0.15, 0.2) is 0 Å². The van der Waals surface area contributed by atoms with Crippen molar-refractivity contribution in [2.45, 2.75) is 32.6 Å². The van der Waals surface area contributed by atoms with E-state index < -0.39 is 0 Å². The van der Waals surface area contributed by atoms with Crippen molar-refractivity contribution in [1.82, 2.24) is 9.27 Å². The first-order valence-corrected chi connectivity index (χ1v) is 6.86. The molecular formula is C12H16N4OS. The summed E-state index contributed by atoms with van der Waals surface area (Å²) in [5.41, 5.74) is 1.27. The molecule has 96 valence electrons. The average Bonchev–Trinajstić information content (AvgIpc) is 2.97. The maximum Gasteiger partial charge on any atom is 0.322 e. The maximum absolute atomic E-state index is 11.9. The Balaban J connectivity index is 2.14. The van der Waals surface area contributed by atoms with Crippen LogP contribution in [0, 0.1) is 11.3 Å². The zero-order valence-corrected chi connectivity index (χ0v) is 11.4. The molecule has 0 radical (unpaired) electrons. The molecule has 5 nitrogen and oxygen atoms in total. The third-order valence-electron chi connectivity index (χ3n) is 2.99. The van der Waals surface area contributed by atoms with E-state index in [2.05, 4.69) is 15.8 Å². The van der Waals surface area contributed by atoms with Crippen molar-refractivity contribution >= 4 is 22.6 Å². The van der Waals surface area contributed by atoms with Gasteiger partial charge in [-0.3, -0.25) is 5.32 Å². The van der Waals surface area contributed by atoms with Gasteiger partial charge in [-0.05, 0) is 30.3 Å². The minimum atomic E-state index is -0.122. The monoisotopic (exact) mass is 264 g/mol. The van der Waals surface area contributed by atoms with E-state index in [9.17, 15) is 4.79 Å². The highest BCUT2D eigenvalue weighted by Gasteiger charge is 2.22. The number of hydrogen-bond donors (Lipinski definition) is 1. The lowest BCUT2D eigenvalue weighted by molar-refractivity contribution is 0.222. The van der Waals surface area contributed by atoms with Gasteiger partial charge in [0, 0.05) is 13.1 Å². The van der Waals surface area contributed by atoms with E-state index >= 15 is 0 Å². The zero-order chi connectivity index (χ0) is 13.1. The Hall–Kier alpha value is -1.61. The SMILES string of the molecule is CC(C)c1nsc(NC(=O)N2CCCC2)c1C#N. The molecule has 2 rings (SSSR count). The summed E-state index contributed by atoms with van der Waals surface area (Å²) in [6, 6.07) is 2.01. The van der Waals surface area contributed by atoms with Crippen molar-refractivity contribution in [1.29, 1.82) is 5.26 Å². The largest absolute Gasteiger partial charge is 0.325 e. The molecule has 0 saturated carbocycles. The minimum absolute atomic E-state index is 0.122. The topological polar surface area (TPSA) is 69.0 Å². The third-order valence-corrected chi connectivity index (χ3v) is 3.77. The van der Waals surface area contributed by atoms with Crippen molar-refractivity contribution in [2.75, 3.05) is 18.4 Å². The number of carbonyl (C=O) groups excluding carboxylic acids is 1. The van der Waals surface area contributed by atoms with Gasteiger partial charge in [-0.25, -0.2) is 4.79 Å². The first-order chi connectivity index (χ1) is 8.63. The van der Waals surface area contributed by atoms with Gasteiger partial charge < -0.3 is 4.90 Å². The molecule has 1 aromatic rings. The van der Waals surface area contributed by atoms with E-state index in [-0.39, 0.29) is 11.9 Å². The number of amides is 2. The van der Waals surface area contributed by atoms with Crippen LogP contribution in [0.5, 0.6) is 0 Å². The molecule has 0 spiro atoms. The van der Waals surface area contributed by atoms with E-state index in [1.807, 2.05) is 13.8 Å². The van der Waals surface area contributed by atoms with Crippen LogP contribution in [-0.2, 0) is 0 Å². The third kappa shape index (κ3) is 2.46. The van der Waals surface area contributed by atoms with Gasteiger partial charge in [0.15, 0.2) is 0 Å². The van der Waals surface area contributed by atoms with Crippen LogP contribution in [0.4, 0.5) is 9.80 Å². The smallest absolute Gasteiger partial charge is 0.322 e. The first-order valence-electron chi connectivity index (χ1n) is 6.09. The molecule has 0 unspecified atom stereocenters. The van der Waals surface area contributed by atoms with Crippen molar-refractivity contribution in [3.8, 4) is 6.07 Å². The summed E-state index contributed by atoms with van der Waals surface area (Å²) in [6.07, 6.45) is 2.11. The van der Waals surface area contributed by atoms with Crippen molar-refractivity contribution < 1.29 is 4.79 Å². The fourth-order valence-corrected chi connectivity index (χ4v) is 2.85. The quantitative estimate of drug-likeness (QED) is 0.893. The van der Waals surface area contributed by atoms with Crippen LogP contribution in [0.1, 0.15) is 43.9 Å². The fraction of sp³-hybridized carbons (Fsp3) is 0.583. The summed E-state index contributed by atoms with van der Waals surface area (Å²) in [5, 5.41) is 12.5. The lowest BCUT2D eigenvalue weighted by Crippen LogP contribution is -2.32. The second-order valence-corrected chi connectivity index (χ2v) is 5.44. The minimum Gasteiger partial charge on any atom is -0.325 e. The lowest BCUT2D eigenvalue weighted by Gasteiger charge is -2.15. The number of rotatable bonds is 2. The number of hydrogen-bond acceptors (Lipinski definition) is 4. The van der Waals surface area contributed by atoms with Gasteiger partial charge in [0.2, 0.25) is 0 Å². The van der Waals surface area contributed by atoms with Gasteiger partial charge in [-0.1, -0.05) is 13.8 Å². The van der Waals surface area contributed by atoms with Gasteiger partial charge >= 0.3 is 6.03 Å². The van der Waals surface area contributed by atoms with E-state index in [4.69, 9.17) is 5.26 Å². The normalized spacial score (nSPS) is 14.9. The Labute approximate surface area is 111 Å². The zero-order valence-electron chi connectivity index (χ0n) is 10.6. The molecule has 2 amide bonds. The second kappa shape index (κ2) is 5.36. The molecule has 1 aliphatic rings. The van der Waals surface area contributed by atoms with Crippen LogP contribution in [0.25, 0.3) is 0 Å². The number of aromatic nitrogens is 1. The molecular weight excluding hydrogens is 248 g/mol.